The molecule has 0 spiro atoms. The third-order valence-corrected chi connectivity index (χ3v) is 4.36. The highest BCUT2D eigenvalue weighted by Gasteiger charge is 2.13. The summed E-state index contributed by atoms with van der Waals surface area (Å²) in [5.74, 6) is 1.45. The Morgan fingerprint density at radius 2 is 1.70 bits per heavy atom. The van der Waals surface area contributed by atoms with Crippen LogP contribution in [0.1, 0.15) is 21.5 Å². The molecule has 1 aliphatic rings. The summed E-state index contributed by atoms with van der Waals surface area (Å²) >= 11 is 0. The molecular formula is C22H20N2O3. The van der Waals surface area contributed by atoms with E-state index in [0.717, 1.165) is 34.0 Å². The highest BCUT2D eigenvalue weighted by molar-refractivity contribution is 6.04. The standard InChI is InChI=1S/C22H20N2O3/c1-15-3-2-4-17(11-15)22(25)24-19-8-6-18(7-9-19)23-13-16-5-10-20-21(12-16)27-14-26-20/h2-12,23H,13-14H2,1H3,(H,24,25). The van der Waals surface area contributed by atoms with E-state index in [9.17, 15) is 4.79 Å². The number of carbonyl (C=O) groups is 1. The Morgan fingerprint density at radius 1 is 0.926 bits per heavy atom. The van der Waals surface area contributed by atoms with Crippen LogP contribution in [0.15, 0.2) is 66.7 Å². The molecule has 5 heteroatoms. The molecule has 136 valence electrons. The summed E-state index contributed by atoms with van der Waals surface area (Å²) in [6.07, 6.45) is 0. The van der Waals surface area contributed by atoms with Crippen LogP contribution in [0.5, 0.6) is 11.5 Å². The lowest BCUT2D eigenvalue weighted by atomic mass is 10.1. The van der Waals surface area contributed by atoms with E-state index in [-0.39, 0.29) is 12.7 Å². The Morgan fingerprint density at radius 3 is 2.52 bits per heavy atom. The first-order valence-corrected chi connectivity index (χ1v) is 8.78. The molecule has 2 N–H and O–H groups in total. The van der Waals surface area contributed by atoms with Gasteiger partial charge < -0.3 is 20.1 Å². The molecule has 0 saturated heterocycles. The zero-order chi connectivity index (χ0) is 18.6. The van der Waals surface area contributed by atoms with Gasteiger partial charge in [0, 0.05) is 23.5 Å². The average Bonchev–Trinajstić information content (AvgIpc) is 3.15. The second kappa shape index (κ2) is 7.41. The lowest BCUT2D eigenvalue weighted by Crippen LogP contribution is -2.11. The van der Waals surface area contributed by atoms with E-state index in [0.29, 0.717) is 12.1 Å². The second-order valence-electron chi connectivity index (χ2n) is 6.44. The average molecular weight is 360 g/mol. The summed E-state index contributed by atoms with van der Waals surface area (Å²) in [6, 6.07) is 21.1. The maximum atomic E-state index is 12.3. The zero-order valence-corrected chi connectivity index (χ0v) is 15.0. The van der Waals surface area contributed by atoms with Crippen molar-refractivity contribution in [2.45, 2.75) is 13.5 Å². The van der Waals surface area contributed by atoms with E-state index in [1.807, 2.05) is 73.7 Å². The number of hydrogen-bond donors (Lipinski definition) is 2. The minimum absolute atomic E-state index is 0.111. The third kappa shape index (κ3) is 4.03. The number of hydrogen-bond acceptors (Lipinski definition) is 4. The summed E-state index contributed by atoms with van der Waals surface area (Å²) in [5.41, 5.74) is 4.55. The van der Waals surface area contributed by atoms with Gasteiger partial charge >= 0.3 is 0 Å². The number of nitrogens with one attached hydrogen (secondary N) is 2. The fourth-order valence-corrected chi connectivity index (χ4v) is 2.92. The summed E-state index contributed by atoms with van der Waals surface area (Å²) in [4.78, 5) is 12.3. The van der Waals surface area contributed by atoms with Crippen LogP contribution in [0.3, 0.4) is 0 Å². The lowest BCUT2D eigenvalue weighted by molar-refractivity contribution is 0.102. The summed E-state index contributed by atoms with van der Waals surface area (Å²) in [7, 11) is 0. The maximum absolute atomic E-state index is 12.3. The van der Waals surface area contributed by atoms with Crippen molar-refractivity contribution in [1.82, 2.24) is 0 Å². The van der Waals surface area contributed by atoms with E-state index < -0.39 is 0 Å². The SMILES string of the molecule is Cc1cccc(C(=O)Nc2ccc(NCc3ccc4c(c3)OCO4)cc2)c1. The maximum Gasteiger partial charge on any atom is 0.255 e. The van der Waals surface area contributed by atoms with Gasteiger partial charge in [-0.2, -0.15) is 0 Å². The van der Waals surface area contributed by atoms with E-state index >= 15 is 0 Å². The molecule has 0 fully saturated rings. The lowest BCUT2D eigenvalue weighted by Gasteiger charge is -2.09. The van der Waals surface area contributed by atoms with Crippen LogP contribution in [0.2, 0.25) is 0 Å². The Labute approximate surface area is 157 Å². The van der Waals surface area contributed by atoms with Crippen molar-refractivity contribution in [2.24, 2.45) is 0 Å². The van der Waals surface area contributed by atoms with Gasteiger partial charge in [-0.25, -0.2) is 0 Å². The summed E-state index contributed by atoms with van der Waals surface area (Å²) in [6.45, 7) is 2.92. The summed E-state index contributed by atoms with van der Waals surface area (Å²) in [5, 5.41) is 6.28. The molecule has 1 aliphatic heterocycles. The molecule has 3 aromatic rings. The number of fused-ring (bicyclic) bond motifs is 1. The Balaban J connectivity index is 1.35. The van der Waals surface area contributed by atoms with Gasteiger partial charge in [0.15, 0.2) is 11.5 Å². The molecule has 27 heavy (non-hydrogen) atoms. The molecule has 0 radical (unpaired) electrons. The smallest absolute Gasteiger partial charge is 0.255 e. The molecule has 0 saturated carbocycles. The summed E-state index contributed by atoms with van der Waals surface area (Å²) < 4.78 is 10.7. The molecule has 0 unspecified atom stereocenters. The van der Waals surface area contributed by atoms with Crippen LogP contribution >= 0.6 is 0 Å². The van der Waals surface area contributed by atoms with E-state index in [2.05, 4.69) is 10.6 Å². The number of anilines is 2. The quantitative estimate of drug-likeness (QED) is 0.699. The van der Waals surface area contributed by atoms with Crippen LogP contribution < -0.4 is 20.1 Å². The van der Waals surface area contributed by atoms with Crippen molar-refractivity contribution in [3.8, 4) is 11.5 Å². The van der Waals surface area contributed by atoms with Crippen LogP contribution in [0.4, 0.5) is 11.4 Å². The van der Waals surface area contributed by atoms with E-state index in [1.165, 1.54) is 0 Å². The largest absolute Gasteiger partial charge is 0.454 e. The number of amides is 1. The van der Waals surface area contributed by atoms with Crippen molar-refractivity contribution in [3.05, 3.63) is 83.4 Å². The molecule has 1 amide bonds. The topological polar surface area (TPSA) is 59.6 Å². The van der Waals surface area contributed by atoms with Crippen LogP contribution in [-0.2, 0) is 6.54 Å². The normalized spacial score (nSPS) is 11.9. The fourth-order valence-electron chi connectivity index (χ4n) is 2.92. The van der Waals surface area contributed by atoms with Crippen molar-refractivity contribution >= 4 is 17.3 Å². The molecule has 1 heterocycles. The predicted octanol–water partition coefficient (Wildman–Crippen LogP) is 4.59. The number of benzene rings is 3. The van der Waals surface area contributed by atoms with Gasteiger partial charge in [-0.3, -0.25) is 4.79 Å². The molecule has 3 aromatic carbocycles. The number of carbonyl (C=O) groups excluding carboxylic acids is 1. The molecule has 4 rings (SSSR count). The van der Waals surface area contributed by atoms with Crippen molar-refractivity contribution in [2.75, 3.05) is 17.4 Å². The fraction of sp³-hybridized carbons (Fsp3) is 0.136. The molecular weight excluding hydrogens is 340 g/mol. The minimum Gasteiger partial charge on any atom is -0.454 e. The molecule has 5 nitrogen and oxygen atoms in total. The van der Waals surface area contributed by atoms with Crippen LogP contribution in [0.25, 0.3) is 0 Å². The molecule has 0 aromatic heterocycles. The van der Waals surface area contributed by atoms with E-state index in [1.54, 1.807) is 0 Å². The Hall–Kier alpha value is -3.47. The molecule has 0 aliphatic carbocycles. The van der Waals surface area contributed by atoms with Crippen LogP contribution in [0, 0.1) is 6.92 Å². The van der Waals surface area contributed by atoms with Gasteiger partial charge in [-0.15, -0.1) is 0 Å². The van der Waals surface area contributed by atoms with Gasteiger partial charge in [-0.1, -0.05) is 23.8 Å². The Kier molecular flexibility index (Phi) is 4.66. The molecule has 0 bridgehead atoms. The van der Waals surface area contributed by atoms with Gasteiger partial charge in [0.05, 0.1) is 0 Å². The van der Waals surface area contributed by atoms with Crippen molar-refractivity contribution in [1.29, 1.82) is 0 Å². The molecule has 0 atom stereocenters. The number of ether oxygens (including phenoxy) is 2. The first-order valence-electron chi connectivity index (χ1n) is 8.78. The highest BCUT2D eigenvalue weighted by atomic mass is 16.7. The highest BCUT2D eigenvalue weighted by Crippen LogP contribution is 2.32. The monoisotopic (exact) mass is 360 g/mol. The van der Waals surface area contributed by atoms with Crippen molar-refractivity contribution in [3.63, 3.8) is 0 Å². The van der Waals surface area contributed by atoms with Crippen LogP contribution in [-0.4, -0.2) is 12.7 Å². The zero-order valence-electron chi connectivity index (χ0n) is 15.0. The Bertz CT molecular complexity index is 968. The minimum atomic E-state index is -0.111. The third-order valence-electron chi connectivity index (χ3n) is 4.36. The van der Waals surface area contributed by atoms with Gasteiger partial charge in [-0.05, 0) is 61.0 Å². The van der Waals surface area contributed by atoms with Crippen molar-refractivity contribution < 1.29 is 14.3 Å². The first kappa shape index (κ1) is 17.0. The van der Waals surface area contributed by atoms with Gasteiger partial charge in [0.25, 0.3) is 5.91 Å². The predicted molar refractivity (Wildman–Crippen MR) is 105 cm³/mol. The first-order chi connectivity index (χ1) is 13.2. The second-order valence-corrected chi connectivity index (χ2v) is 6.44. The number of rotatable bonds is 5. The van der Waals surface area contributed by atoms with E-state index in [4.69, 9.17) is 9.47 Å². The van der Waals surface area contributed by atoms with Gasteiger partial charge in [0.2, 0.25) is 6.79 Å². The van der Waals surface area contributed by atoms with Gasteiger partial charge in [0.1, 0.15) is 0 Å². The number of aryl methyl sites for hydroxylation is 1.